The summed E-state index contributed by atoms with van der Waals surface area (Å²) in [5, 5.41) is 0. The van der Waals surface area contributed by atoms with Crippen LogP contribution in [0.4, 0.5) is 0 Å². The Morgan fingerprint density at radius 2 is 1.75 bits per heavy atom. The molecule has 0 aliphatic rings. The van der Waals surface area contributed by atoms with E-state index in [4.69, 9.17) is 4.74 Å². The van der Waals surface area contributed by atoms with Gasteiger partial charge in [-0.25, -0.2) is 0 Å². The molecule has 1 nitrogen and oxygen atoms in total. The van der Waals surface area contributed by atoms with Crippen molar-refractivity contribution in [2.75, 3.05) is 6.61 Å². The molecule has 0 atom stereocenters. The average molecular weight is 168 g/mol. The van der Waals surface area contributed by atoms with E-state index in [0.717, 1.165) is 19.4 Å². The van der Waals surface area contributed by atoms with Gasteiger partial charge in [0, 0.05) is 6.42 Å². The highest BCUT2D eigenvalue weighted by atomic mass is 16.5. The van der Waals surface area contributed by atoms with E-state index in [0.29, 0.717) is 0 Å². The van der Waals surface area contributed by atoms with Crippen LogP contribution in [0.15, 0.2) is 0 Å². The van der Waals surface area contributed by atoms with Crippen molar-refractivity contribution in [3.05, 3.63) is 0 Å². The highest BCUT2D eigenvalue weighted by Crippen LogP contribution is 1.94. The Hall–Kier alpha value is -0.640. The third kappa shape index (κ3) is 9.36. The molecule has 0 saturated heterocycles. The number of unbranched alkanes of at least 4 members (excludes halogenated alkanes) is 4. The monoisotopic (exact) mass is 168 g/mol. The molecule has 0 unspecified atom stereocenters. The largest absolute Gasteiger partial charge is 0.447 e. The molecule has 70 valence electrons. The summed E-state index contributed by atoms with van der Waals surface area (Å²) in [6.07, 6.45) is 9.73. The van der Waals surface area contributed by atoms with Crippen molar-refractivity contribution < 1.29 is 4.74 Å². The molecule has 0 aromatic heterocycles. The second-order valence-electron chi connectivity index (χ2n) is 2.94. The van der Waals surface area contributed by atoms with Gasteiger partial charge in [0.2, 0.25) is 0 Å². The Morgan fingerprint density at radius 3 is 2.42 bits per heavy atom. The molecule has 0 aromatic rings. The van der Waals surface area contributed by atoms with E-state index in [1.165, 1.54) is 25.7 Å². The summed E-state index contributed by atoms with van der Waals surface area (Å²) in [7, 11) is 0. The van der Waals surface area contributed by atoms with Gasteiger partial charge in [0.05, 0.1) is 0 Å². The van der Waals surface area contributed by atoms with Gasteiger partial charge in [-0.3, -0.25) is 0 Å². The van der Waals surface area contributed by atoms with Crippen LogP contribution in [0.2, 0.25) is 0 Å². The van der Waals surface area contributed by atoms with Gasteiger partial charge in [-0.15, -0.1) is 0 Å². The second kappa shape index (κ2) is 10.4. The van der Waals surface area contributed by atoms with Crippen molar-refractivity contribution in [2.24, 2.45) is 0 Å². The van der Waals surface area contributed by atoms with Crippen LogP contribution < -0.4 is 0 Å². The highest BCUT2D eigenvalue weighted by molar-refractivity contribution is 4.90. The molecular formula is C11H20O. The lowest BCUT2D eigenvalue weighted by atomic mass is 10.3. The summed E-state index contributed by atoms with van der Waals surface area (Å²) >= 11 is 0. The predicted octanol–water partition coefficient (Wildman–Crippen LogP) is 3.34. The van der Waals surface area contributed by atoms with E-state index >= 15 is 0 Å². The lowest BCUT2D eigenvalue weighted by Crippen LogP contribution is -1.86. The molecule has 1 heteroatoms. The minimum absolute atomic E-state index is 0.799. The minimum atomic E-state index is 0.799. The Balaban J connectivity index is 2.99. The Kier molecular flexibility index (Phi) is 9.81. The lowest BCUT2D eigenvalue weighted by molar-refractivity contribution is 0.268. The van der Waals surface area contributed by atoms with Gasteiger partial charge in [-0.2, -0.15) is 0 Å². The van der Waals surface area contributed by atoms with Gasteiger partial charge in [0.25, 0.3) is 0 Å². The van der Waals surface area contributed by atoms with Gasteiger partial charge in [0.15, 0.2) is 0 Å². The van der Waals surface area contributed by atoms with E-state index in [1.807, 2.05) is 0 Å². The quantitative estimate of drug-likeness (QED) is 0.436. The normalized spacial score (nSPS) is 8.83. The summed E-state index contributed by atoms with van der Waals surface area (Å²) in [5.41, 5.74) is 0. The standard InChI is InChI=1S/C11H20O/c1-3-5-7-9-11-12-10-8-6-4-2/h3-8,10H2,1-2H3. The molecule has 0 saturated carbocycles. The fourth-order valence-electron chi connectivity index (χ4n) is 0.842. The molecule has 12 heavy (non-hydrogen) atoms. The number of ether oxygens (including phenoxy) is 1. The van der Waals surface area contributed by atoms with Crippen LogP contribution in [0.25, 0.3) is 0 Å². The highest BCUT2D eigenvalue weighted by Gasteiger charge is 1.83. The Morgan fingerprint density at radius 1 is 1.00 bits per heavy atom. The smallest absolute Gasteiger partial charge is 0.110 e. The van der Waals surface area contributed by atoms with Crippen LogP contribution in [0.3, 0.4) is 0 Å². The van der Waals surface area contributed by atoms with Gasteiger partial charge in [-0.1, -0.05) is 39.0 Å². The Bertz CT molecular complexity index is 130. The molecule has 0 aliphatic heterocycles. The first-order chi connectivity index (χ1) is 5.91. The maximum absolute atomic E-state index is 5.12. The molecule has 0 radical (unpaired) electrons. The van der Waals surface area contributed by atoms with Crippen LogP contribution in [0.1, 0.15) is 52.4 Å². The van der Waals surface area contributed by atoms with Crippen LogP contribution in [-0.2, 0) is 4.74 Å². The summed E-state index contributed by atoms with van der Waals surface area (Å²) in [4.78, 5) is 0. The maximum Gasteiger partial charge on any atom is 0.110 e. The van der Waals surface area contributed by atoms with E-state index in [2.05, 4.69) is 25.9 Å². The van der Waals surface area contributed by atoms with Crippen molar-refractivity contribution in [2.45, 2.75) is 52.4 Å². The first-order valence-electron chi connectivity index (χ1n) is 5.01. The second-order valence-corrected chi connectivity index (χ2v) is 2.94. The molecule has 0 N–H and O–H groups in total. The molecule has 0 aliphatic carbocycles. The molecular weight excluding hydrogens is 148 g/mol. The van der Waals surface area contributed by atoms with Crippen molar-refractivity contribution in [3.8, 4) is 12.0 Å². The minimum Gasteiger partial charge on any atom is -0.447 e. The topological polar surface area (TPSA) is 9.23 Å². The van der Waals surface area contributed by atoms with Gasteiger partial charge in [-0.05, 0) is 12.8 Å². The molecule has 0 rings (SSSR count). The zero-order chi connectivity index (χ0) is 9.07. The third-order valence-corrected chi connectivity index (χ3v) is 1.65. The first kappa shape index (κ1) is 11.4. The van der Waals surface area contributed by atoms with Gasteiger partial charge < -0.3 is 4.74 Å². The third-order valence-electron chi connectivity index (χ3n) is 1.65. The van der Waals surface area contributed by atoms with Crippen LogP contribution >= 0.6 is 0 Å². The summed E-state index contributed by atoms with van der Waals surface area (Å²) in [6.45, 7) is 5.16. The summed E-state index contributed by atoms with van der Waals surface area (Å²) < 4.78 is 5.12. The number of hydrogen-bond acceptors (Lipinski definition) is 1. The lowest BCUT2D eigenvalue weighted by Gasteiger charge is -1.94. The first-order valence-corrected chi connectivity index (χ1v) is 5.01. The fourth-order valence-corrected chi connectivity index (χ4v) is 0.842. The SMILES string of the molecule is CCCCC#COCCCCC. The van der Waals surface area contributed by atoms with Crippen LogP contribution in [-0.4, -0.2) is 6.61 Å². The number of hydrogen-bond donors (Lipinski definition) is 0. The average Bonchev–Trinajstić information content (AvgIpc) is 2.10. The zero-order valence-corrected chi connectivity index (χ0v) is 8.36. The van der Waals surface area contributed by atoms with Crippen molar-refractivity contribution >= 4 is 0 Å². The molecule has 0 bridgehead atoms. The van der Waals surface area contributed by atoms with E-state index in [9.17, 15) is 0 Å². The van der Waals surface area contributed by atoms with Crippen LogP contribution in [0, 0.1) is 12.0 Å². The molecule has 0 heterocycles. The van der Waals surface area contributed by atoms with E-state index in [1.54, 1.807) is 0 Å². The maximum atomic E-state index is 5.12. The zero-order valence-electron chi connectivity index (χ0n) is 8.36. The molecule has 0 fully saturated rings. The predicted molar refractivity (Wildman–Crippen MR) is 52.8 cm³/mol. The number of rotatable bonds is 6. The van der Waals surface area contributed by atoms with Crippen molar-refractivity contribution in [3.63, 3.8) is 0 Å². The van der Waals surface area contributed by atoms with E-state index < -0.39 is 0 Å². The van der Waals surface area contributed by atoms with Crippen molar-refractivity contribution in [1.29, 1.82) is 0 Å². The van der Waals surface area contributed by atoms with Gasteiger partial charge in [0.1, 0.15) is 12.7 Å². The summed E-state index contributed by atoms with van der Waals surface area (Å²) in [5.74, 6) is 2.99. The molecule has 0 amide bonds. The molecule has 0 spiro atoms. The fraction of sp³-hybridized carbons (Fsp3) is 0.818. The van der Waals surface area contributed by atoms with Crippen molar-refractivity contribution in [1.82, 2.24) is 0 Å². The molecule has 0 aromatic carbocycles. The van der Waals surface area contributed by atoms with Crippen LogP contribution in [0.5, 0.6) is 0 Å². The summed E-state index contributed by atoms with van der Waals surface area (Å²) in [6, 6.07) is 0. The van der Waals surface area contributed by atoms with Gasteiger partial charge >= 0.3 is 0 Å². The van der Waals surface area contributed by atoms with E-state index in [-0.39, 0.29) is 0 Å². The Labute approximate surface area is 76.5 Å².